The highest BCUT2D eigenvalue weighted by atomic mass is 32.2. The maximum Gasteiger partial charge on any atom is 0.534 e. The summed E-state index contributed by atoms with van der Waals surface area (Å²) in [7, 11) is -2.89. The number of benzene rings is 2. The molecule has 0 heterocycles. The van der Waals surface area contributed by atoms with Gasteiger partial charge in [0.1, 0.15) is 17.3 Å². The molecule has 2 aromatic rings. The summed E-state index contributed by atoms with van der Waals surface area (Å²) >= 11 is 0. The van der Waals surface area contributed by atoms with E-state index in [1.165, 1.54) is 20.3 Å². The van der Waals surface area contributed by atoms with Gasteiger partial charge in [-0.1, -0.05) is 18.2 Å². The molecule has 29 heavy (non-hydrogen) atoms. The van der Waals surface area contributed by atoms with E-state index in [0.717, 1.165) is 5.56 Å². The van der Waals surface area contributed by atoms with Crippen LogP contribution >= 0.6 is 0 Å². The SMILES string of the molecule is COc1ccc(C2Cc3ccc(OC)cc3C(OS(=O)(=O)C(F)(F)F)=C2C)cc1. The number of hydrogen-bond acceptors (Lipinski definition) is 5. The largest absolute Gasteiger partial charge is 0.534 e. The van der Waals surface area contributed by atoms with Gasteiger partial charge in [0.2, 0.25) is 0 Å². The van der Waals surface area contributed by atoms with E-state index < -0.39 is 15.6 Å². The van der Waals surface area contributed by atoms with Gasteiger partial charge in [0.25, 0.3) is 0 Å². The molecule has 0 aromatic heterocycles. The average molecular weight is 428 g/mol. The van der Waals surface area contributed by atoms with Crippen molar-refractivity contribution in [3.63, 3.8) is 0 Å². The van der Waals surface area contributed by atoms with Gasteiger partial charge in [-0.25, -0.2) is 0 Å². The number of ether oxygens (including phenoxy) is 2. The van der Waals surface area contributed by atoms with Gasteiger partial charge >= 0.3 is 15.6 Å². The third-order valence-electron chi connectivity index (χ3n) is 4.86. The molecule has 0 saturated carbocycles. The summed E-state index contributed by atoms with van der Waals surface area (Å²) in [5.41, 5.74) is -3.44. The van der Waals surface area contributed by atoms with Crippen LogP contribution in [0.25, 0.3) is 5.76 Å². The van der Waals surface area contributed by atoms with Gasteiger partial charge in [0, 0.05) is 11.5 Å². The molecule has 1 atom stereocenters. The molecule has 0 saturated heterocycles. The van der Waals surface area contributed by atoms with Crippen molar-refractivity contribution in [3.05, 3.63) is 64.7 Å². The normalized spacial score (nSPS) is 17.0. The van der Waals surface area contributed by atoms with Crippen molar-refractivity contribution in [2.75, 3.05) is 14.2 Å². The molecule has 0 radical (unpaired) electrons. The average Bonchev–Trinajstić information content (AvgIpc) is 2.68. The molecule has 1 aliphatic rings. The zero-order valence-electron chi connectivity index (χ0n) is 15.9. The first kappa shape index (κ1) is 21.0. The Labute approximate surface area is 166 Å². The Morgan fingerprint density at radius 3 is 2.10 bits per heavy atom. The molecule has 0 bridgehead atoms. The second kappa shape index (κ2) is 7.62. The number of rotatable bonds is 5. The maximum absolute atomic E-state index is 13.0. The minimum Gasteiger partial charge on any atom is -0.497 e. The zero-order chi connectivity index (χ0) is 21.4. The van der Waals surface area contributed by atoms with E-state index in [2.05, 4.69) is 4.18 Å². The highest BCUT2D eigenvalue weighted by Gasteiger charge is 2.49. The van der Waals surface area contributed by atoms with Crippen molar-refractivity contribution >= 4 is 15.9 Å². The van der Waals surface area contributed by atoms with Gasteiger partial charge in [-0.3, -0.25) is 0 Å². The summed E-state index contributed by atoms with van der Waals surface area (Å²) in [6.07, 6.45) is 0.469. The Kier molecular flexibility index (Phi) is 5.53. The van der Waals surface area contributed by atoms with E-state index >= 15 is 0 Å². The van der Waals surface area contributed by atoms with E-state index in [9.17, 15) is 21.6 Å². The van der Waals surface area contributed by atoms with Crippen LogP contribution in [-0.4, -0.2) is 28.1 Å². The van der Waals surface area contributed by atoms with Gasteiger partial charge in [0.05, 0.1) is 14.2 Å². The van der Waals surface area contributed by atoms with Crippen molar-refractivity contribution in [2.24, 2.45) is 0 Å². The number of alkyl halides is 3. The molecule has 3 rings (SSSR count). The van der Waals surface area contributed by atoms with Crippen molar-refractivity contribution in [3.8, 4) is 11.5 Å². The zero-order valence-corrected chi connectivity index (χ0v) is 16.7. The molecule has 0 N–H and O–H groups in total. The second-order valence-electron chi connectivity index (χ2n) is 6.55. The first-order valence-corrected chi connectivity index (χ1v) is 10.0. The van der Waals surface area contributed by atoms with Crippen LogP contribution in [-0.2, 0) is 20.7 Å². The Morgan fingerprint density at radius 2 is 1.55 bits per heavy atom. The second-order valence-corrected chi connectivity index (χ2v) is 8.09. The number of methoxy groups -OCH3 is 2. The first-order chi connectivity index (χ1) is 13.6. The molecule has 0 fully saturated rings. The predicted molar refractivity (Wildman–Crippen MR) is 101 cm³/mol. The van der Waals surface area contributed by atoms with Crippen LogP contribution in [0.5, 0.6) is 11.5 Å². The van der Waals surface area contributed by atoms with Gasteiger partial charge in [0.15, 0.2) is 0 Å². The lowest BCUT2D eigenvalue weighted by atomic mass is 9.79. The van der Waals surface area contributed by atoms with Crippen LogP contribution in [0.2, 0.25) is 0 Å². The van der Waals surface area contributed by atoms with E-state index in [1.807, 2.05) is 0 Å². The molecule has 9 heteroatoms. The maximum atomic E-state index is 13.0. The Bertz CT molecular complexity index is 1040. The molecule has 0 aliphatic heterocycles. The molecule has 5 nitrogen and oxygen atoms in total. The standard InChI is InChI=1S/C20H19F3O5S/c1-12-17(13-4-7-15(26-2)8-5-13)10-14-6-9-16(27-3)11-18(14)19(12)28-29(24,25)20(21,22)23/h4-9,11,17H,10H2,1-3H3. The molecule has 2 aromatic carbocycles. The van der Waals surface area contributed by atoms with Crippen LogP contribution in [0.15, 0.2) is 48.0 Å². The van der Waals surface area contributed by atoms with Crippen molar-refractivity contribution < 1.29 is 35.2 Å². The highest BCUT2D eigenvalue weighted by Crippen LogP contribution is 2.44. The first-order valence-electron chi connectivity index (χ1n) is 8.60. The van der Waals surface area contributed by atoms with Crippen LogP contribution in [0.4, 0.5) is 13.2 Å². The Balaban J connectivity index is 2.14. The van der Waals surface area contributed by atoms with E-state index in [-0.39, 0.29) is 17.2 Å². The molecule has 0 spiro atoms. The van der Waals surface area contributed by atoms with Crippen LogP contribution in [0, 0.1) is 0 Å². The lowest BCUT2D eigenvalue weighted by Crippen LogP contribution is -2.27. The summed E-state index contributed by atoms with van der Waals surface area (Å²) in [5.74, 6) is 0.320. The lowest BCUT2D eigenvalue weighted by Gasteiger charge is -2.29. The summed E-state index contributed by atoms with van der Waals surface area (Å²) < 4.78 is 77.2. The third kappa shape index (κ3) is 4.05. The number of halogens is 3. The number of fused-ring (bicyclic) bond motifs is 1. The molecular weight excluding hydrogens is 409 g/mol. The van der Waals surface area contributed by atoms with Crippen LogP contribution < -0.4 is 9.47 Å². The van der Waals surface area contributed by atoms with Crippen molar-refractivity contribution in [2.45, 2.75) is 24.8 Å². The fraction of sp³-hybridized carbons (Fsp3) is 0.300. The van der Waals surface area contributed by atoms with Gasteiger partial charge in [-0.2, -0.15) is 21.6 Å². The minimum absolute atomic E-state index is 0.263. The quantitative estimate of drug-likeness (QED) is 0.513. The highest BCUT2D eigenvalue weighted by molar-refractivity contribution is 7.87. The molecule has 1 unspecified atom stereocenters. The van der Waals surface area contributed by atoms with E-state index in [0.29, 0.717) is 29.1 Å². The summed E-state index contributed by atoms with van der Waals surface area (Å²) in [5, 5.41) is 0. The summed E-state index contributed by atoms with van der Waals surface area (Å²) in [6.45, 7) is 1.57. The van der Waals surface area contributed by atoms with E-state index in [4.69, 9.17) is 9.47 Å². The Hall–Kier alpha value is -2.68. The fourth-order valence-corrected chi connectivity index (χ4v) is 3.82. The van der Waals surface area contributed by atoms with Crippen molar-refractivity contribution in [1.82, 2.24) is 0 Å². The van der Waals surface area contributed by atoms with Crippen LogP contribution in [0.1, 0.15) is 29.5 Å². The lowest BCUT2D eigenvalue weighted by molar-refractivity contribution is -0.0509. The van der Waals surface area contributed by atoms with Crippen LogP contribution in [0.3, 0.4) is 0 Å². The number of allylic oxidation sites excluding steroid dienone is 1. The van der Waals surface area contributed by atoms with Crippen molar-refractivity contribution in [1.29, 1.82) is 0 Å². The molecular formula is C20H19F3O5S. The van der Waals surface area contributed by atoms with Gasteiger partial charge in [-0.15, -0.1) is 0 Å². The minimum atomic E-state index is -5.83. The molecule has 156 valence electrons. The number of hydrogen-bond donors (Lipinski definition) is 0. The monoisotopic (exact) mass is 428 g/mol. The summed E-state index contributed by atoms with van der Waals surface area (Å²) in [6, 6.07) is 11.9. The van der Waals surface area contributed by atoms with Gasteiger partial charge in [-0.05, 0) is 54.3 Å². The Morgan fingerprint density at radius 1 is 0.966 bits per heavy atom. The smallest absolute Gasteiger partial charge is 0.497 e. The topological polar surface area (TPSA) is 61.8 Å². The third-order valence-corrected chi connectivity index (χ3v) is 5.81. The molecule has 1 aliphatic carbocycles. The van der Waals surface area contributed by atoms with Gasteiger partial charge < -0.3 is 13.7 Å². The fourth-order valence-electron chi connectivity index (χ4n) is 3.29. The summed E-state index contributed by atoms with van der Waals surface area (Å²) in [4.78, 5) is 0. The predicted octanol–water partition coefficient (Wildman–Crippen LogP) is 4.64. The van der Waals surface area contributed by atoms with E-state index in [1.54, 1.807) is 43.3 Å². The molecule has 0 amide bonds.